The molecule has 8 heteroatoms. The summed E-state index contributed by atoms with van der Waals surface area (Å²) in [6.07, 6.45) is 3.12. The number of hydrazone groups is 1. The van der Waals surface area contributed by atoms with Gasteiger partial charge in [0.15, 0.2) is 0 Å². The molecule has 0 atom stereocenters. The molecule has 0 aromatic heterocycles. The van der Waals surface area contributed by atoms with Crippen molar-refractivity contribution in [2.45, 2.75) is 4.90 Å². The molecule has 0 bridgehead atoms. The molecular weight excluding hydrogens is 426 g/mol. The van der Waals surface area contributed by atoms with Crippen molar-refractivity contribution in [2.75, 3.05) is 17.5 Å². The Hall–Kier alpha value is -3.91. The molecule has 32 heavy (non-hydrogen) atoms. The minimum atomic E-state index is -3.94. The lowest BCUT2D eigenvalue weighted by Crippen LogP contribution is -2.39. The Morgan fingerprint density at radius 3 is 2.22 bits per heavy atom. The van der Waals surface area contributed by atoms with Crippen molar-refractivity contribution in [2.24, 2.45) is 5.10 Å². The van der Waals surface area contributed by atoms with Gasteiger partial charge >= 0.3 is 0 Å². The molecule has 0 heterocycles. The smallest absolute Gasteiger partial charge is 0.264 e. The zero-order valence-corrected chi connectivity index (χ0v) is 18.1. The Morgan fingerprint density at radius 1 is 0.969 bits per heavy atom. The van der Waals surface area contributed by atoms with Crippen molar-refractivity contribution < 1.29 is 17.9 Å². The first-order valence-corrected chi connectivity index (χ1v) is 11.2. The number of ether oxygens (including phenoxy) is 1. The minimum absolute atomic E-state index is 0.0962. The predicted molar refractivity (Wildman–Crippen MR) is 125 cm³/mol. The van der Waals surface area contributed by atoms with Crippen LogP contribution in [0, 0.1) is 0 Å². The second kappa shape index (κ2) is 10.9. The third-order valence-corrected chi connectivity index (χ3v) is 6.10. The molecule has 0 saturated carbocycles. The average Bonchev–Trinajstić information content (AvgIpc) is 2.83. The lowest BCUT2D eigenvalue weighted by atomic mass is 10.2. The first kappa shape index (κ1) is 22.8. The highest BCUT2D eigenvalue weighted by Crippen LogP contribution is 2.23. The highest BCUT2D eigenvalue weighted by molar-refractivity contribution is 7.92. The standard InChI is InChI=1S/C24H23N3O4S/c1-2-17-31-22-15-13-20(14-16-22)18-25-26-24(28)19-27(21-9-5-3-6-10-21)32(29,30)23-11-7-4-8-12-23/h2-16,18H,1,17,19H2,(H,26,28)/b25-18-. The number of nitrogens with one attached hydrogen (secondary N) is 1. The van der Waals surface area contributed by atoms with E-state index in [2.05, 4.69) is 17.1 Å². The molecule has 7 nitrogen and oxygen atoms in total. The molecule has 3 aromatic rings. The van der Waals surface area contributed by atoms with Crippen molar-refractivity contribution in [3.8, 4) is 5.75 Å². The topological polar surface area (TPSA) is 88.1 Å². The summed E-state index contributed by atoms with van der Waals surface area (Å²) < 4.78 is 32.8. The summed E-state index contributed by atoms with van der Waals surface area (Å²) in [6.45, 7) is 3.58. The van der Waals surface area contributed by atoms with Crippen LogP contribution in [-0.2, 0) is 14.8 Å². The molecule has 0 unspecified atom stereocenters. The number of hydrogen-bond acceptors (Lipinski definition) is 5. The van der Waals surface area contributed by atoms with Crippen molar-refractivity contribution >= 4 is 27.8 Å². The largest absolute Gasteiger partial charge is 0.490 e. The molecule has 0 radical (unpaired) electrons. The van der Waals surface area contributed by atoms with Crippen LogP contribution in [-0.4, -0.2) is 33.7 Å². The van der Waals surface area contributed by atoms with Gasteiger partial charge < -0.3 is 4.74 Å². The maximum Gasteiger partial charge on any atom is 0.264 e. The molecule has 1 amide bonds. The zero-order valence-electron chi connectivity index (χ0n) is 17.3. The summed E-state index contributed by atoms with van der Waals surface area (Å²) >= 11 is 0. The van der Waals surface area contributed by atoms with E-state index in [0.29, 0.717) is 18.0 Å². The molecule has 0 aliphatic rings. The van der Waals surface area contributed by atoms with Gasteiger partial charge in [0, 0.05) is 0 Å². The molecule has 0 fully saturated rings. The van der Waals surface area contributed by atoms with Gasteiger partial charge in [-0.1, -0.05) is 49.1 Å². The number of carbonyl (C=O) groups excluding carboxylic acids is 1. The number of carbonyl (C=O) groups is 1. The van der Waals surface area contributed by atoms with E-state index in [1.54, 1.807) is 78.9 Å². The van der Waals surface area contributed by atoms with Gasteiger partial charge in [0.2, 0.25) is 0 Å². The van der Waals surface area contributed by atoms with Gasteiger partial charge in [0.1, 0.15) is 18.9 Å². The van der Waals surface area contributed by atoms with E-state index in [1.807, 2.05) is 0 Å². The Balaban J connectivity index is 1.71. The Bertz CT molecular complexity index is 1160. The summed E-state index contributed by atoms with van der Waals surface area (Å²) in [4.78, 5) is 12.6. The number of rotatable bonds is 10. The average molecular weight is 450 g/mol. The van der Waals surface area contributed by atoms with E-state index < -0.39 is 22.5 Å². The summed E-state index contributed by atoms with van der Waals surface area (Å²) in [7, 11) is -3.94. The van der Waals surface area contributed by atoms with Crippen LogP contribution in [0.2, 0.25) is 0 Å². The second-order valence-corrected chi connectivity index (χ2v) is 8.48. The normalized spacial score (nSPS) is 11.1. The van der Waals surface area contributed by atoms with Gasteiger partial charge in [-0.2, -0.15) is 5.10 Å². The number of nitrogens with zero attached hydrogens (tertiary/aromatic N) is 2. The van der Waals surface area contributed by atoms with Crippen LogP contribution >= 0.6 is 0 Å². The lowest BCUT2D eigenvalue weighted by molar-refractivity contribution is -0.119. The number of hydrogen-bond donors (Lipinski definition) is 1. The lowest BCUT2D eigenvalue weighted by Gasteiger charge is -2.23. The van der Waals surface area contributed by atoms with Crippen molar-refractivity contribution in [1.82, 2.24) is 5.43 Å². The van der Waals surface area contributed by atoms with E-state index in [0.717, 1.165) is 9.87 Å². The molecule has 164 valence electrons. The summed E-state index contributed by atoms with van der Waals surface area (Å²) in [5.74, 6) is 0.117. The van der Waals surface area contributed by atoms with Gasteiger partial charge in [-0.15, -0.1) is 0 Å². The third-order valence-electron chi connectivity index (χ3n) is 4.31. The van der Waals surface area contributed by atoms with Crippen LogP contribution in [0.4, 0.5) is 5.69 Å². The SMILES string of the molecule is C=CCOc1ccc(/C=N\NC(=O)CN(c2ccccc2)S(=O)(=O)c2ccccc2)cc1. The molecule has 1 N–H and O–H groups in total. The minimum Gasteiger partial charge on any atom is -0.490 e. The van der Waals surface area contributed by atoms with Crippen LogP contribution in [0.1, 0.15) is 5.56 Å². The molecule has 3 rings (SSSR count). The highest BCUT2D eigenvalue weighted by atomic mass is 32.2. The van der Waals surface area contributed by atoms with Gasteiger partial charge in [-0.25, -0.2) is 13.8 Å². The predicted octanol–water partition coefficient (Wildman–Crippen LogP) is 3.60. The Morgan fingerprint density at radius 2 is 1.59 bits per heavy atom. The zero-order chi connectivity index (χ0) is 22.8. The molecule has 0 saturated heterocycles. The first-order chi connectivity index (χ1) is 15.5. The fourth-order valence-electron chi connectivity index (χ4n) is 2.78. The van der Waals surface area contributed by atoms with E-state index in [4.69, 9.17) is 4.74 Å². The fourth-order valence-corrected chi connectivity index (χ4v) is 4.22. The summed E-state index contributed by atoms with van der Waals surface area (Å²) in [5, 5.41) is 3.93. The number of sulfonamides is 1. The maximum atomic E-state index is 13.2. The van der Waals surface area contributed by atoms with E-state index in [-0.39, 0.29) is 4.90 Å². The summed E-state index contributed by atoms with van der Waals surface area (Å²) in [6, 6.07) is 23.5. The molecule has 3 aromatic carbocycles. The molecule has 0 aliphatic carbocycles. The fraction of sp³-hybridized carbons (Fsp3) is 0.0833. The molecule has 0 spiro atoms. The van der Waals surface area contributed by atoms with Crippen LogP contribution in [0.15, 0.2) is 108 Å². The molecule has 0 aliphatic heterocycles. The van der Waals surface area contributed by atoms with Crippen LogP contribution in [0.25, 0.3) is 0 Å². The highest BCUT2D eigenvalue weighted by Gasteiger charge is 2.26. The number of benzene rings is 3. The monoisotopic (exact) mass is 449 g/mol. The van der Waals surface area contributed by atoms with E-state index in [9.17, 15) is 13.2 Å². The molecular formula is C24H23N3O4S. The number of para-hydroxylation sites is 1. The van der Waals surface area contributed by atoms with E-state index in [1.165, 1.54) is 18.3 Å². The van der Waals surface area contributed by atoms with E-state index >= 15 is 0 Å². The van der Waals surface area contributed by atoms with Crippen molar-refractivity contribution in [1.29, 1.82) is 0 Å². The van der Waals surface area contributed by atoms with Gasteiger partial charge in [0.05, 0.1) is 16.8 Å². The number of anilines is 1. The Kier molecular flexibility index (Phi) is 7.77. The van der Waals surface area contributed by atoms with Crippen molar-refractivity contribution in [3.05, 3.63) is 103 Å². The first-order valence-electron chi connectivity index (χ1n) is 9.79. The van der Waals surface area contributed by atoms with Crippen molar-refractivity contribution in [3.63, 3.8) is 0 Å². The van der Waals surface area contributed by atoms with Crippen LogP contribution in [0.3, 0.4) is 0 Å². The van der Waals surface area contributed by atoms with Gasteiger partial charge in [0.25, 0.3) is 15.9 Å². The second-order valence-electron chi connectivity index (χ2n) is 6.62. The summed E-state index contributed by atoms with van der Waals surface area (Å²) in [5.41, 5.74) is 3.51. The van der Waals surface area contributed by atoms with Gasteiger partial charge in [-0.05, 0) is 54.1 Å². The maximum absolute atomic E-state index is 13.2. The Labute approximate surface area is 187 Å². The van der Waals surface area contributed by atoms with Crippen LogP contribution in [0.5, 0.6) is 5.75 Å². The third kappa shape index (κ3) is 6.05. The quantitative estimate of drug-likeness (QED) is 0.291. The number of amides is 1. The van der Waals surface area contributed by atoms with Crippen LogP contribution < -0.4 is 14.5 Å². The van der Waals surface area contributed by atoms with Gasteiger partial charge in [-0.3, -0.25) is 9.10 Å².